The first-order valence-electron chi connectivity index (χ1n) is 6.93. The maximum absolute atomic E-state index is 10.2. The van der Waals surface area contributed by atoms with Gasteiger partial charge in [0.2, 0.25) is 0 Å². The molecular weight excluding hydrogens is 232 g/mol. The van der Waals surface area contributed by atoms with Gasteiger partial charge in [0.15, 0.2) is 0 Å². The smallest absolute Gasteiger partial charge is 0.119 e. The number of benzene rings is 2. The summed E-state index contributed by atoms with van der Waals surface area (Å²) in [7, 11) is 0. The summed E-state index contributed by atoms with van der Waals surface area (Å²) >= 11 is 0. The molecule has 0 fully saturated rings. The van der Waals surface area contributed by atoms with Crippen LogP contribution in [0.5, 0.6) is 5.75 Å². The molecular formula is C18H22O. The van der Waals surface area contributed by atoms with Gasteiger partial charge in [-0.2, -0.15) is 0 Å². The first-order chi connectivity index (χ1) is 9.02. The van der Waals surface area contributed by atoms with Crippen LogP contribution in [0.1, 0.15) is 50.7 Å². The van der Waals surface area contributed by atoms with Crippen LogP contribution >= 0.6 is 0 Å². The van der Waals surface area contributed by atoms with Crippen molar-refractivity contribution in [3.63, 3.8) is 0 Å². The lowest BCUT2D eigenvalue weighted by molar-refractivity contribution is 0.465. The second-order valence-electron chi connectivity index (χ2n) is 5.64. The summed E-state index contributed by atoms with van der Waals surface area (Å²) in [5.41, 5.74) is 4.75. The molecule has 0 bridgehead atoms. The second kappa shape index (κ2) is 5.48. The van der Waals surface area contributed by atoms with Crippen LogP contribution in [0.4, 0.5) is 0 Å². The Bertz CT molecular complexity index is 568. The van der Waals surface area contributed by atoms with Crippen molar-refractivity contribution in [2.75, 3.05) is 0 Å². The third kappa shape index (κ3) is 2.65. The van der Waals surface area contributed by atoms with Crippen molar-refractivity contribution in [1.82, 2.24) is 0 Å². The van der Waals surface area contributed by atoms with Crippen molar-refractivity contribution < 1.29 is 5.11 Å². The molecule has 0 saturated heterocycles. The van der Waals surface area contributed by atoms with Crippen molar-refractivity contribution in [1.29, 1.82) is 0 Å². The highest BCUT2D eigenvalue weighted by atomic mass is 16.3. The van der Waals surface area contributed by atoms with Crippen molar-refractivity contribution >= 4 is 0 Å². The number of rotatable bonds is 3. The Morgan fingerprint density at radius 2 is 1.37 bits per heavy atom. The molecule has 0 unspecified atom stereocenters. The van der Waals surface area contributed by atoms with Gasteiger partial charge in [-0.15, -0.1) is 0 Å². The van der Waals surface area contributed by atoms with E-state index in [2.05, 4.69) is 58.0 Å². The highest BCUT2D eigenvalue weighted by molar-refractivity contribution is 5.74. The number of aromatic hydroxyl groups is 1. The zero-order chi connectivity index (χ0) is 14.0. The highest BCUT2D eigenvalue weighted by Gasteiger charge is 2.16. The normalized spacial score (nSPS) is 11.3. The van der Waals surface area contributed by atoms with Gasteiger partial charge in [0.05, 0.1) is 0 Å². The molecule has 0 spiro atoms. The zero-order valence-corrected chi connectivity index (χ0v) is 12.1. The van der Waals surface area contributed by atoms with Crippen molar-refractivity contribution in [3.8, 4) is 16.9 Å². The molecule has 1 nitrogen and oxygen atoms in total. The lowest BCUT2D eigenvalue weighted by atomic mass is 9.86. The molecule has 0 heterocycles. The molecule has 0 radical (unpaired) electrons. The van der Waals surface area contributed by atoms with Crippen LogP contribution < -0.4 is 0 Å². The van der Waals surface area contributed by atoms with Gasteiger partial charge in [0.25, 0.3) is 0 Å². The van der Waals surface area contributed by atoms with Crippen LogP contribution in [0.15, 0.2) is 42.5 Å². The quantitative estimate of drug-likeness (QED) is 0.787. The van der Waals surface area contributed by atoms with Gasteiger partial charge in [-0.1, -0.05) is 64.1 Å². The topological polar surface area (TPSA) is 20.2 Å². The summed E-state index contributed by atoms with van der Waals surface area (Å²) in [4.78, 5) is 0. The Balaban J connectivity index is 2.69. The molecule has 19 heavy (non-hydrogen) atoms. The van der Waals surface area contributed by atoms with Crippen LogP contribution in [0, 0.1) is 0 Å². The highest BCUT2D eigenvalue weighted by Crippen LogP contribution is 2.38. The SMILES string of the molecule is CC(C)c1ccccc1-c1cccc(O)c1C(C)C. The first kappa shape index (κ1) is 13.7. The largest absolute Gasteiger partial charge is 0.508 e. The molecule has 0 aliphatic rings. The molecule has 2 rings (SSSR count). The number of phenolic OH excluding ortho intramolecular Hbond substituents is 1. The van der Waals surface area contributed by atoms with E-state index in [1.807, 2.05) is 6.07 Å². The van der Waals surface area contributed by atoms with Crippen LogP contribution in [-0.4, -0.2) is 5.11 Å². The van der Waals surface area contributed by atoms with E-state index in [4.69, 9.17) is 0 Å². The maximum Gasteiger partial charge on any atom is 0.119 e. The Morgan fingerprint density at radius 3 is 2.00 bits per heavy atom. The average Bonchev–Trinajstić information content (AvgIpc) is 2.37. The lowest BCUT2D eigenvalue weighted by Crippen LogP contribution is -1.97. The predicted octanol–water partition coefficient (Wildman–Crippen LogP) is 5.31. The number of hydrogen-bond acceptors (Lipinski definition) is 1. The fourth-order valence-corrected chi connectivity index (χ4v) is 2.64. The van der Waals surface area contributed by atoms with Crippen molar-refractivity contribution in [2.24, 2.45) is 0 Å². The lowest BCUT2D eigenvalue weighted by Gasteiger charge is -2.19. The molecule has 2 aromatic rings. The Labute approximate surface area is 115 Å². The minimum Gasteiger partial charge on any atom is -0.508 e. The molecule has 1 heteroatoms. The molecule has 100 valence electrons. The Hall–Kier alpha value is -1.76. The van der Waals surface area contributed by atoms with Gasteiger partial charge in [0.1, 0.15) is 5.75 Å². The van der Waals surface area contributed by atoms with Gasteiger partial charge >= 0.3 is 0 Å². The van der Waals surface area contributed by atoms with Gasteiger partial charge in [-0.05, 0) is 34.6 Å². The number of phenols is 1. The molecule has 0 atom stereocenters. The molecule has 0 aromatic heterocycles. The summed E-state index contributed by atoms with van der Waals surface area (Å²) in [6, 6.07) is 14.3. The van der Waals surface area contributed by atoms with E-state index in [-0.39, 0.29) is 0 Å². The molecule has 2 aromatic carbocycles. The minimum absolute atomic E-state index is 0.302. The Morgan fingerprint density at radius 1 is 0.737 bits per heavy atom. The average molecular weight is 254 g/mol. The monoisotopic (exact) mass is 254 g/mol. The van der Waals surface area contributed by atoms with Crippen LogP contribution in [0.25, 0.3) is 11.1 Å². The molecule has 0 aliphatic heterocycles. The van der Waals surface area contributed by atoms with Crippen molar-refractivity contribution in [2.45, 2.75) is 39.5 Å². The summed E-state index contributed by atoms with van der Waals surface area (Å²) < 4.78 is 0. The molecule has 1 N–H and O–H groups in total. The van der Waals surface area contributed by atoms with E-state index in [9.17, 15) is 5.11 Å². The second-order valence-corrected chi connectivity index (χ2v) is 5.64. The fraction of sp³-hybridized carbons (Fsp3) is 0.333. The predicted molar refractivity (Wildman–Crippen MR) is 81.7 cm³/mol. The zero-order valence-electron chi connectivity index (χ0n) is 12.1. The van der Waals surface area contributed by atoms with E-state index in [1.165, 1.54) is 11.1 Å². The third-order valence-electron chi connectivity index (χ3n) is 3.53. The first-order valence-corrected chi connectivity index (χ1v) is 6.93. The van der Waals surface area contributed by atoms with E-state index in [0.29, 0.717) is 17.6 Å². The van der Waals surface area contributed by atoms with Crippen molar-refractivity contribution in [3.05, 3.63) is 53.6 Å². The fourth-order valence-electron chi connectivity index (χ4n) is 2.64. The molecule has 0 amide bonds. The van der Waals surface area contributed by atoms with E-state index in [1.54, 1.807) is 6.07 Å². The van der Waals surface area contributed by atoms with Gasteiger partial charge < -0.3 is 5.11 Å². The minimum atomic E-state index is 0.302. The molecule has 0 saturated carbocycles. The maximum atomic E-state index is 10.2. The van der Waals surface area contributed by atoms with E-state index >= 15 is 0 Å². The third-order valence-corrected chi connectivity index (χ3v) is 3.53. The van der Waals surface area contributed by atoms with Crippen LogP contribution in [0.3, 0.4) is 0 Å². The molecule has 0 aliphatic carbocycles. The van der Waals surface area contributed by atoms with Gasteiger partial charge in [-0.3, -0.25) is 0 Å². The summed E-state index contributed by atoms with van der Waals surface area (Å²) in [5.74, 6) is 1.17. The van der Waals surface area contributed by atoms with E-state index < -0.39 is 0 Å². The number of hydrogen-bond donors (Lipinski definition) is 1. The van der Waals surface area contributed by atoms with Crippen LogP contribution in [-0.2, 0) is 0 Å². The van der Waals surface area contributed by atoms with Crippen LogP contribution in [0.2, 0.25) is 0 Å². The van der Waals surface area contributed by atoms with Gasteiger partial charge in [-0.25, -0.2) is 0 Å². The summed E-state index contributed by atoms with van der Waals surface area (Å²) in [6.45, 7) is 8.65. The summed E-state index contributed by atoms with van der Waals surface area (Å²) in [6.07, 6.45) is 0. The van der Waals surface area contributed by atoms with Gasteiger partial charge in [0, 0.05) is 5.56 Å². The standard InChI is InChI=1S/C18H22O/c1-12(2)14-8-5-6-9-15(14)16-10-7-11-17(19)18(16)13(3)4/h5-13,19H,1-4H3. The Kier molecular flexibility index (Phi) is 3.94. The summed E-state index contributed by atoms with van der Waals surface area (Å²) in [5, 5.41) is 10.2. The van der Waals surface area contributed by atoms with E-state index in [0.717, 1.165) is 11.1 Å².